The molecule has 0 spiro atoms. The molecule has 0 bridgehead atoms. The summed E-state index contributed by atoms with van der Waals surface area (Å²) in [7, 11) is -3.37. The number of sulfonamides is 1. The lowest BCUT2D eigenvalue weighted by molar-refractivity contribution is -0.0637. The smallest absolute Gasteiger partial charge is 0.413 e. The predicted molar refractivity (Wildman–Crippen MR) is 102 cm³/mol. The molecule has 0 saturated carbocycles. The van der Waals surface area contributed by atoms with Crippen molar-refractivity contribution in [2.75, 3.05) is 24.2 Å². The molecule has 9 heteroatoms. The number of hydrogen-bond donors (Lipinski definition) is 1. The molecule has 1 aromatic rings. The highest BCUT2D eigenvalue weighted by Crippen LogP contribution is 2.30. The Hall–Kier alpha value is -2.00. The van der Waals surface area contributed by atoms with Gasteiger partial charge in [0.05, 0.1) is 24.6 Å². The fourth-order valence-corrected chi connectivity index (χ4v) is 3.30. The van der Waals surface area contributed by atoms with E-state index in [2.05, 4.69) is 4.72 Å². The van der Waals surface area contributed by atoms with Gasteiger partial charge in [-0.15, -0.1) is 0 Å². The van der Waals surface area contributed by atoms with Crippen molar-refractivity contribution in [2.24, 2.45) is 0 Å². The average Bonchev–Trinajstić information content (AvgIpc) is 2.77. The van der Waals surface area contributed by atoms with Crippen molar-refractivity contribution in [1.29, 1.82) is 0 Å². The molecule has 1 fully saturated rings. The third kappa shape index (κ3) is 6.28. The Morgan fingerprint density at radius 2 is 2.04 bits per heavy atom. The molecule has 1 saturated heterocycles. The Morgan fingerprint density at radius 1 is 1.37 bits per heavy atom. The summed E-state index contributed by atoms with van der Waals surface area (Å²) >= 11 is 0. The van der Waals surface area contributed by atoms with Gasteiger partial charge in [-0.3, -0.25) is 9.62 Å². The van der Waals surface area contributed by atoms with E-state index in [-0.39, 0.29) is 12.6 Å². The highest BCUT2D eigenvalue weighted by molar-refractivity contribution is 7.92. The SMILES string of the molecule is CC(C)(C)OC(=O)N1[C@H](COc2cccc(NS(C)(=O)=O)c2)COC1(C)C. The highest BCUT2D eigenvalue weighted by atomic mass is 32.2. The highest BCUT2D eigenvalue weighted by Gasteiger charge is 2.46. The van der Waals surface area contributed by atoms with E-state index in [1.807, 2.05) is 0 Å². The molecule has 1 N–H and O–H groups in total. The Kier molecular flexibility index (Phi) is 5.96. The summed E-state index contributed by atoms with van der Waals surface area (Å²) in [6.07, 6.45) is 0.614. The zero-order chi connectivity index (χ0) is 20.5. The van der Waals surface area contributed by atoms with Crippen LogP contribution < -0.4 is 9.46 Å². The topological polar surface area (TPSA) is 94.2 Å². The van der Waals surface area contributed by atoms with Crippen LogP contribution in [-0.4, -0.2) is 56.2 Å². The molecule has 1 amide bonds. The lowest BCUT2D eigenvalue weighted by atomic mass is 10.2. The third-order valence-corrected chi connectivity index (χ3v) is 4.35. The number of rotatable bonds is 5. The van der Waals surface area contributed by atoms with Crippen LogP contribution in [-0.2, 0) is 19.5 Å². The van der Waals surface area contributed by atoms with Crippen molar-refractivity contribution in [3.05, 3.63) is 24.3 Å². The standard InChI is InChI=1S/C18H28N2O6S/c1-17(2,3)26-16(21)20-14(12-25-18(20,4)5)11-24-15-9-7-8-13(10-15)19-27(6,22)23/h7-10,14,19H,11-12H2,1-6H3/t14-/m1/s1. The number of nitrogens with one attached hydrogen (secondary N) is 1. The fourth-order valence-electron chi connectivity index (χ4n) is 2.74. The predicted octanol–water partition coefficient (Wildman–Crippen LogP) is 2.81. The van der Waals surface area contributed by atoms with Gasteiger partial charge < -0.3 is 14.2 Å². The minimum absolute atomic E-state index is 0.186. The van der Waals surface area contributed by atoms with E-state index in [0.717, 1.165) is 6.26 Å². The molecule has 1 aromatic carbocycles. The van der Waals surface area contributed by atoms with Gasteiger partial charge in [-0.05, 0) is 46.8 Å². The number of anilines is 1. The van der Waals surface area contributed by atoms with E-state index in [4.69, 9.17) is 14.2 Å². The lowest BCUT2D eigenvalue weighted by Crippen LogP contribution is -2.51. The van der Waals surface area contributed by atoms with Gasteiger partial charge in [0.25, 0.3) is 0 Å². The Balaban J connectivity index is 2.08. The molecule has 0 aromatic heterocycles. The normalized spacial score (nSPS) is 19.6. The largest absolute Gasteiger partial charge is 0.491 e. The second-order valence-corrected chi connectivity index (χ2v) is 9.72. The van der Waals surface area contributed by atoms with Crippen molar-refractivity contribution in [3.63, 3.8) is 0 Å². The van der Waals surface area contributed by atoms with Gasteiger partial charge in [0.1, 0.15) is 23.7 Å². The number of nitrogens with zero attached hydrogens (tertiary/aromatic N) is 1. The first-order valence-electron chi connectivity index (χ1n) is 8.64. The summed E-state index contributed by atoms with van der Waals surface area (Å²) < 4.78 is 42.1. The summed E-state index contributed by atoms with van der Waals surface area (Å²) in [6.45, 7) is 9.52. The van der Waals surface area contributed by atoms with Gasteiger partial charge in [0, 0.05) is 6.07 Å². The van der Waals surface area contributed by atoms with Crippen LogP contribution in [0.5, 0.6) is 5.75 Å². The van der Waals surface area contributed by atoms with E-state index >= 15 is 0 Å². The van der Waals surface area contributed by atoms with Gasteiger partial charge in [-0.25, -0.2) is 13.2 Å². The van der Waals surface area contributed by atoms with E-state index < -0.39 is 27.4 Å². The van der Waals surface area contributed by atoms with Crippen LogP contribution in [0.4, 0.5) is 10.5 Å². The number of carbonyl (C=O) groups excluding carboxylic acids is 1. The van der Waals surface area contributed by atoms with Gasteiger partial charge in [-0.2, -0.15) is 0 Å². The molecule has 0 unspecified atom stereocenters. The summed E-state index contributed by atoms with van der Waals surface area (Å²) in [6, 6.07) is 6.28. The second-order valence-electron chi connectivity index (χ2n) is 7.97. The van der Waals surface area contributed by atoms with Gasteiger partial charge in [-0.1, -0.05) is 6.07 Å². The Labute approximate surface area is 160 Å². The van der Waals surface area contributed by atoms with Gasteiger partial charge in [0.15, 0.2) is 0 Å². The van der Waals surface area contributed by atoms with Crippen molar-refractivity contribution >= 4 is 21.8 Å². The van der Waals surface area contributed by atoms with Crippen LogP contribution in [0.1, 0.15) is 34.6 Å². The molecule has 0 aliphatic carbocycles. The van der Waals surface area contributed by atoms with Gasteiger partial charge >= 0.3 is 6.09 Å². The number of hydrogen-bond acceptors (Lipinski definition) is 6. The van der Waals surface area contributed by atoms with Crippen LogP contribution in [0, 0.1) is 0 Å². The summed E-state index contributed by atoms with van der Waals surface area (Å²) in [5.74, 6) is 0.484. The Bertz CT molecular complexity index is 785. The molecule has 1 aliphatic rings. The van der Waals surface area contributed by atoms with Crippen LogP contribution >= 0.6 is 0 Å². The maximum atomic E-state index is 12.6. The van der Waals surface area contributed by atoms with E-state index in [0.29, 0.717) is 18.0 Å². The number of benzene rings is 1. The van der Waals surface area contributed by atoms with Crippen molar-refractivity contribution in [1.82, 2.24) is 4.90 Å². The zero-order valence-electron chi connectivity index (χ0n) is 16.6. The lowest BCUT2D eigenvalue weighted by Gasteiger charge is -2.35. The molecular weight excluding hydrogens is 372 g/mol. The number of amides is 1. The molecule has 0 radical (unpaired) electrons. The fraction of sp³-hybridized carbons (Fsp3) is 0.611. The van der Waals surface area contributed by atoms with Crippen LogP contribution in [0.15, 0.2) is 24.3 Å². The van der Waals surface area contributed by atoms with Crippen molar-refractivity contribution in [2.45, 2.75) is 52.0 Å². The quantitative estimate of drug-likeness (QED) is 0.817. The third-order valence-electron chi connectivity index (χ3n) is 3.74. The summed E-state index contributed by atoms with van der Waals surface area (Å²) in [5.41, 5.74) is -1.02. The average molecular weight is 400 g/mol. The maximum absolute atomic E-state index is 12.6. The molecule has 27 heavy (non-hydrogen) atoms. The summed E-state index contributed by atoms with van der Waals surface area (Å²) in [5, 5.41) is 0. The van der Waals surface area contributed by atoms with Crippen molar-refractivity contribution < 1.29 is 27.4 Å². The molecular formula is C18H28N2O6S. The second kappa shape index (κ2) is 7.55. The molecule has 1 atom stereocenters. The first-order valence-corrected chi connectivity index (χ1v) is 10.5. The number of carbonyl (C=O) groups is 1. The molecule has 8 nitrogen and oxygen atoms in total. The first-order chi connectivity index (χ1) is 12.3. The number of ether oxygens (including phenoxy) is 3. The molecule has 1 heterocycles. The minimum atomic E-state index is -3.37. The van der Waals surface area contributed by atoms with E-state index in [1.54, 1.807) is 58.9 Å². The molecule has 2 rings (SSSR count). The van der Waals surface area contributed by atoms with Gasteiger partial charge in [0.2, 0.25) is 10.0 Å². The van der Waals surface area contributed by atoms with Crippen LogP contribution in [0.3, 0.4) is 0 Å². The monoisotopic (exact) mass is 400 g/mol. The van der Waals surface area contributed by atoms with E-state index in [1.165, 1.54) is 4.90 Å². The first kappa shape index (κ1) is 21.3. The Morgan fingerprint density at radius 3 is 2.63 bits per heavy atom. The van der Waals surface area contributed by atoms with Crippen LogP contribution in [0.25, 0.3) is 0 Å². The van der Waals surface area contributed by atoms with Crippen molar-refractivity contribution in [3.8, 4) is 5.75 Å². The summed E-state index contributed by atoms with van der Waals surface area (Å²) in [4.78, 5) is 14.1. The maximum Gasteiger partial charge on any atom is 0.413 e. The van der Waals surface area contributed by atoms with Crippen LogP contribution in [0.2, 0.25) is 0 Å². The van der Waals surface area contributed by atoms with E-state index in [9.17, 15) is 13.2 Å². The zero-order valence-corrected chi connectivity index (χ0v) is 17.4. The molecule has 152 valence electrons. The molecule has 1 aliphatic heterocycles. The minimum Gasteiger partial charge on any atom is -0.491 e.